The van der Waals surface area contributed by atoms with Gasteiger partial charge in [-0.15, -0.1) is 0 Å². The first kappa shape index (κ1) is 20.5. The number of aromatic hydroxyl groups is 1. The van der Waals surface area contributed by atoms with Gasteiger partial charge in [-0.05, 0) is 42.0 Å². The summed E-state index contributed by atoms with van der Waals surface area (Å²) in [7, 11) is 0. The molecular formula is C21H21FN2O5. The number of likely N-dealkylation sites (tertiary alicyclic amines) is 1. The first-order chi connectivity index (χ1) is 13.9. The fourth-order valence-electron chi connectivity index (χ4n) is 3.32. The topological polar surface area (TPSA) is 110 Å². The Balaban J connectivity index is 2.07. The fraction of sp³-hybridized carbons (Fsp3) is 0.238. The van der Waals surface area contributed by atoms with Crippen LogP contribution in [-0.2, 0) is 9.59 Å². The molecule has 1 heterocycles. The Morgan fingerprint density at radius 2 is 1.83 bits per heavy atom. The predicted octanol–water partition coefficient (Wildman–Crippen LogP) is 1.53. The third kappa shape index (κ3) is 4.28. The van der Waals surface area contributed by atoms with E-state index in [4.69, 9.17) is 5.11 Å². The van der Waals surface area contributed by atoms with Gasteiger partial charge in [0, 0.05) is 25.2 Å². The molecule has 1 atom stereocenters. The van der Waals surface area contributed by atoms with Gasteiger partial charge in [0.1, 0.15) is 17.3 Å². The third-order valence-corrected chi connectivity index (χ3v) is 4.66. The van der Waals surface area contributed by atoms with Gasteiger partial charge in [0.15, 0.2) is 0 Å². The Morgan fingerprint density at radius 1 is 1.10 bits per heavy atom. The molecule has 3 rings (SSSR count). The molecule has 1 fully saturated rings. The molecule has 1 aliphatic heterocycles. The number of ketones is 1. The Kier molecular flexibility index (Phi) is 6.26. The van der Waals surface area contributed by atoms with Crippen LogP contribution in [0.4, 0.5) is 4.39 Å². The molecule has 0 bridgehead atoms. The molecule has 152 valence electrons. The number of benzene rings is 2. The van der Waals surface area contributed by atoms with Crippen molar-refractivity contribution < 1.29 is 29.3 Å². The van der Waals surface area contributed by atoms with Crippen molar-refractivity contribution in [3.63, 3.8) is 0 Å². The van der Waals surface area contributed by atoms with Gasteiger partial charge >= 0.3 is 0 Å². The van der Waals surface area contributed by atoms with Crippen molar-refractivity contribution in [1.82, 2.24) is 10.2 Å². The minimum absolute atomic E-state index is 0.0479. The zero-order valence-electron chi connectivity index (χ0n) is 15.5. The summed E-state index contributed by atoms with van der Waals surface area (Å²) in [4.78, 5) is 26.7. The second kappa shape index (κ2) is 8.85. The molecule has 1 amide bonds. The molecule has 7 nitrogen and oxygen atoms in total. The molecule has 0 spiro atoms. The highest BCUT2D eigenvalue weighted by Gasteiger charge is 2.45. The number of nitrogens with zero attached hydrogens (tertiary/aromatic N) is 1. The van der Waals surface area contributed by atoms with Crippen LogP contribution in [0.2, 0.25) is 0 Å². The number of aliphatic hydroxyl groups is 2. The normalized spacial score (nSPS) is 18.4. The first-order valence-electron chi connectivity index (χ1n) is 9.09. The van der Waals surface area contributed by atoms with Crippen LogP contribution in [0.3, 0.4) is 0 Å². The monoisotopic (exact) mass is 400 g/mol. The van der Waals surface area contributed by atoms with Gasteiger partial charge < -0.3 is 25.5 Å². The highest BCUT2D eigenvalue weighted by Crippen LogP contribution is 2.39. The van der Waals surface area contributed by atoms with Crippen LogP contribution < -0.4 is 5.32 Å². The van der Waals surface area contributed by atoms with E-state index in [2.05, 4.69) is 5.32 Å². The summed E-state index contributed by atoms with van der Waals surface area (Å²) in [6, 6.07) is 10.1. The van der Waals surface area contributed by atoms with Crippen molar-refractivity contribution in [2.24, 2.45) is 0 Å². The number of halogens is 1. The first-order valence-corrected chi connectivity index (χ1v) is 9.09. The van der Waals surface area contributed by atoms with Gasteiger partial charge in [-0.2, -0.15) is 0 Å². The summed E-state index contributed by atoms with van der Waals surface area (Å²) in [5.74, 6) is -2.60. The van der Waals surface area contributed by atoms with E-state index >= 15 is 0 Å². The summed E-state index contributed by atoms with van der Waals surface area (Å²) in [5, 5.41) is 32.5. The van der Waals surface area contributed by atoms with Gasteiger partial charge in [0.05, 0.1) is 18.2 Å². The second-order valence-electron chi connectivity index (χ2n) is 6.57. The molecular weight excluding hydrogens is 379 g/mol. The molecule has 0 aliphatic carbocycles. The van der Waals surface area contributed by atoms with Crippen LogP contribution in [0.5, 0.6) is 5.75 Å². The summed E-state index contributed by atoms with van der Waals surface area (Å²) < 4.78 is 13.2. The summed E-state index contributed by atoms with van der Waals surface area (Å²) >= 11 is 0. The van der Waals surface area contributed by atoms with Gasteiger partial charge in [0.2, 0.25) is 0 Å². The number of phenolic OH excluding ortho intramolecular Hbond substituents is 1. The molecule has 29 heavy (non-hydrogen) atoms. The largest absolute Gasteiger partial charge is 0.508 e. The molecule has 1 unspecified atom stereocenters. The minimum Gasteiger partial charge on any atom is -0.508 e. The smallest absolute Gasteiger partial charge is 0.295 e. The number of nitrogens with one attached hydrogen (secondary N) is 1. The Labute approximate surface area is 166 Å². The average Bonchev–Trinajstić information content (AvgIpc) is 2.96. The van der Waals surface area contributed by atoms with Gasteiger partial charge in [-0.1, -0.05) is 12.1 Å². The van der Waals surface area contributed by atoms with Gasteiger partial charge in [0.25, 0.3) is 11.7 Å². The third-order valence-electron chi connectivity index (χ3n) is 4.66. The summed E-state index contributed by atoms with van der Waals surface area (Å²) in [6.45, 7) is 0.722. The van der Waals surface area contributed by atoms with Crippen molar-refractivity contribution in [2.45, 2.75) is 6.04 Å². The molecule has 2 aromatic rings. The lowest BCUT2D eigenvalue weighted by atomic mass is 9.95. The lowest BCUT2D eigenvalue weighted by molar-refractivity contribution is -0.139. The van der Waals surface area contributed by atoms with E-state index in [9.17, 15) is 24.2 Å². The van der Waals surface area contributed by atoms with Crippen LogP contribution in [0.1, 0.15) is 17.2 Å². The number of phenols is 1. The lowest BCUT2D eigenvalue weighted by Crippen LogP contribution is -2.36. The number of aliphatic hydroxyl groups excluding tert-OH is 2. The van der Waals surface area contributed by atoms with Crippen molar-refractivity contribution in [1.29, 1.82) is 0 Å². The molecule has 0 aromatic heterocycles. The number of Topliss-reactive ketones (excluding diaryl/α,β-unsaturated/α-hetero) is 1. The van der Waals surface area contributed by atoms with Crippen molar-refractivity contribution in [3.05, 3.63) is 71.0 Å². The van der Waals surface area contributed by atoms with E-state index in [-0.39, 0.29) is 30.0 Å². The van der Waals surface area contributed by atoms with Crippen LogP contribution in [-0.4, -0.2) is 58.2 Å². The fourth-order valence-corrected chi connectivity index (χ4v) is 3.32. The molecule has 2 aromatic carbocycles. The van der Waals surface area contributed by atoms with Crippen molar-refractivity contribution in [3.8, 4) is 5.75 Å². The number of hydrogen-bond donors (Lipinski definition) is 4. The minimum atomic E-state index is -0.914. The molecule has 4 N–H and O–H groups in total. The van der Waals surface area contributed by atoms with Crippen LogP contribution in [0.15, 0.2) is 54.1 Å². The quantitative estimate of drug-likeness (QED) is 0.243. The van der Waals surface area contributed by atoms with E-state index in [0.29, 0.717) is 18.7 Å². The van der Waals surface area contributed by atoms with Crippen LogP contribution in [0.25, 0.3) is 5.76 Å². The molecule has 8 heteroatoms. The van der Waals surface area contributed by atoms with Crippen molar-refractivity contribution in [2.75, 3.05) is 26.2 Å². The molecule has 1 saturated heterocycles. The Morgan fingerprint density at radius 3 is 2.48 bits per heavy atom. The van der Waals surface area contributed by atoms with E-state index in [1.54, 1.807) is 12.1 Å². The molecule has 0 radical (unpaired) electrons. The van der Waals surface area contributed by atoms with E-state index < -0.39 is 29.3 Å². The maximum Gasteiger partial charge on any atom is 0.295 e. The zero-order valence-corrected chi connectivity index (χ0v) is 15.5. The molecule has 1 aliphatic rings. The van der Waals surface area contributed by atoms with Crippen LogP contribution in [0, 0.1) is 5.82 Å². The van der Waals surface area contributed by atoms with Gasteiger partial charge in [-0.25, -0.2) is 4.39 Å². The predicted molar refractivity (Wildman–Crippen MR) is 103 cm³/mol. The lowest BCUT2D eigenvalue weighted by Gasteiger charge is -2.25. The standard InChI is InChI=1S/C21H21FN2O5/c22-15-6-4-13(5-7-15)19(27)17-18(14-2-1-3-16(26)12-14)24(21(29)20(17)28)10-8-23-9-11-25/h1-7,12,18,23,25-27H,8-11H2/b19-17+. The Hall–Kier alpha value is -3.23. The molecule has 0 saturated carbocycles. The number of amides is 1. The maximum atomic E-state index is 13.2. The number of carbonyl (C=O) groups excluding carboxylic acids is 2. The highest BCUT2D eigenvalue weighted by atomic mass is 19.1. The SMILES string of the molecule is O=C1C(=O)N(CCNCCO)C(c2cccc(O)c2)/C1=C(\O)c1ccc(F)cc1. The van der Waals surface area contributed by atoms with Crippen LogP contribution >= 0.6 is 0 Å². The Bertz CT molecular complexity index is 942. The average molecular weight is 400 g/mol. The highest BCUT2D eigenvalue weighted by molar-refractivity contribution is 6.46. The summed E-state index contributed by atoms with van der Waals surface area (Å²) in [6.07, 6.45) is 0. The van der Waals surface area contributed by atoms with E-state index in [1.807, 2.05) is 0 Å². The van der Waals surface area contributed by atoms with Gasteiger partial charge in [-0.3, -0.25) is 9.59 Å². The summed E-state index contributed by atoms with van der Waals surface area (Å²) in [5.41, 5.74) is 0.525. The van der Waals surface area contributed by atoms with E-state index in [1.165, 1.54) is 29.2 Å². The number of carbonyl (C=O) groups is 2. The number of hydrogen-bond acceptors (Lipinski definition) is 6. The number of rotatable bonds is 7. The van der Waals surface area contributed by atoms with E-state index in [0.717, 1.165) is 12.1 Å². The maximum absolute atomic E-state index is 13.2. The second-order valence-corrected chi connectivity index (χ2v) is 6.57. The van der Waals surface area contributed by atoms with Crippen molar-refractivity contribution >= 4 is 17.4 Å². The zero-order chi connectivity index (χ0) is 21.0.